The second-order valence-electron chi connectivity index (χ2n) is 8.32. The van der Waals surface area contributed by atoms with Crippen molar-refractivity contribution in [2.75, 3.05) is 4.72 Å². The zero-order chi connectivity index (χ0) is 23.9. The number of hydrogen-bond donors (Lipinski definition) is 2. The first kappa shape index (κ1) is 23.0. The molecular weight excluding hydrogens is 459 g/mol. The van der Waals surface area contributed by atoms with Crippen molar-refractivity contribution in [2.24, 2.45) is 0 Å². The van der Waals surface area contributed by atoms with Crippen molar-refractivity contribution in [3.8, 4) is 5.75 Å². The molecule has 0 spiro atoms. The van der Waals surface area contributed by atoms with Crippen molar-refractivity contribution in [1.29, 1.82) is 0 Å². The highest BCUT2D eigenvalue weighted by Gasteiger charge is 2.51. The van der Waals surface area contributed by atoms with E-state index in [-0.39, 0.29) is 30.0 Å². The van der Waals surface area contributed by atoms with Crippen molar-refractivity contribution in [3.63, 3.8) is 0 Å². The number of hydrogen-bond acceptors (Lipinski definition) is 6. The highest BCUT2D eigenvalue weighted by atomic mass is 32.2. The van der Waals surface area contributed by atoms with Gasteiger partial charge >= 0.3 is 0 Å². The number of aromatic nitrogens is 4. The summed E-state index contributed by atoms with van der Waals surface area (Å²) < 4.78 is 77.2. The quantitative estimate of drug-likeness (QED) is 0.546. The van der Waals surface area contributed by atoms with E-state index in [4.69, 9.17) is 4.74 Å². The zero-order valence-corrected chi connectivity index (χ0v) is 18.7. The molecule has 0 radical (unpaired) electrons. The van der Waals surface area contributed by atoms with Crippen LogP contribution >= 0.6 is 0 Å². The molecule has 2 heterocycles. The molecule has 176 valence electrons. The standard InChI is InChI=1S/C21H22F3N5O3S/c1-13-7-18(33(30,31)29-19-4-6-25-12-26-19)16(22)8-17(13)32-20(2)11-21(23,24)5-3-15(20)14-9-27-28-10-14/h4,6-10,12,15H,3,5,11H2,1-2H3,(H,27,28)(H,25,26,29)/t15-,20+/m1/s1. The lowest BCUT2D eigenvalue weighted by atomic mass is 9.72. The predicted molar refractivity (Wildman–Crippen MR) is 113 cm³/mol. The van der Waals surface area contributed by atoms with Crippen molar-refractivity contribution in [3.05, 3.63) is 60.1 Å². The Morgan fingerprint density at radius 3 is 2.76 bits per heavy atom. The van der Waals surface area contributed by atoms with Gasteiger partial charge < -0.3 is 4.74 Å². The smallest absolute Gasteiger partial charge is 0.265 e. The number of benzene rings is 1. The first-order valence-electron chi connectivity index (χ1n) is 10.1. The lowest BCUT2D eigenvalue weighted by Crippen LogP contribution is -2.48. The fourth-order valence-corrected chi connectivity index (χ4v) is 5.37. The van der Waals surface area contributed by atoms with Crippen LogP contribution in [0.4, 0.5) is 19.0 Å². The molecule has 0 amide bonds. The summed E-state index contributed by atoms with van der Waals surface area (Å²) >= 11 is 0. The monoisotopic (exact) mass is 481 g/mol. The molecule has 0 bridgehead atoms. The topological polar surface area (TPSA) is 110 Å². The number of ether oxygens (including phenoxy) is 1. The Morgan fingerprint density at radius 1 is 1.30 bits per heavy atom. The van der Waals surface area contributed by atoms with E-state index in [0.717, 1.165) is 18.5 Å². The van der Waals surface area contributed by atoms with Crippen LogP contribution in [-0.2, 0) is 10.0 Å². The van der Waals surface area contributed by atoms with Crippen LogP contribution < -0.4 is 9.46 Å². The van der Waals surface area contributed by atoms with E-state index in [1.54, 1.807) is 19.3 Å². The molecule has 8 nitrogen and oxygen atoms in total. The zero-order valence-electron chi connectivity index (χ0n) is 17.8. The van der Waals surface area contributed by atoms with Crippen LogP contribution in [0.25, 0.3) is 0 Å². The van der Waals surface area contributed by atoms with Crippen LogP contribution in [0.1, 0.15) is 43.2 Å². The normalized spacial score (nSPS) is 22.6. The van der Waals surface area contributed by atoms with Gasteiger partial charge in [0, 0.05) is 30.8 Å². The molecule has 0 aliphatic heterocycles. The minimum Gasteiger partial charge on any atom is -0.486 e. The maximum atomic E-state index is 14.9. The molecule has 2 N–H and O–H groups in total. The summed E-state index contributed by atoms with van der Waals surface area (Å²) in [5.41, 5.74) is -0.387. The third-order valence-corrected chi connectivity index (χ3v) is 7.12. The minimum absolute atomic E-state index is 0.0119. The third-order valence-electron chi connectivity index (χ3n) is 5.75. The van der Waals surface area contributed by atoms with E-state index in [1.165, 1.54) is 19.2 Å². The van der Waals surface area contributed by atoms with Crippen LogP contribution in [0.5, 0.6) is 5.75 Å². The molecule has 1 aliphatic rings. The molecule has 2 aromatic heterocycles. The van der Waals surface area contributed by atoms with Gasteiger partial charge in [0.1, 0.15) is 34.2 Å². The Bertz CT molecular complexity index is 1240. The number of alkyl halides is 2. The van der Waals surface area contributed by atoms with Crippen LogP contribution in [-0.4, -0.2) is 40.1 Å². The fourth-order valence-electron chi connectivity index (χ4n) is 4.21. The average Bonchev–Trinajstić information content (AvgIpc) is 3.24. The van der Waals surface area contributed by atoms with E-state index in [2.05, 4.69) is 24.9 Å². The van der Waals surface area contributed by atoms with Crippen LogP contribution in [0.3, 0.4) is 0 Å². The Hall–Kier alpha value is -3.15. The van der Waals surface area contributed by atoms with Crippen LogP contribution in [0.2, 0.25) is 0 Å². The van der Waals surface area contributed by atoms with Gasteiger partial charge in [-0.25, -0.2) is 31.6 Å². The van der Waals surface area contributed by atoms with Gasteiger partial charge in [0.25, 0.3) is 15.9 Å². The molecular formula is C21H22F3N5O3S. The maximum absolute atomic E-state index is 14.9. The SMILES string of the molecule is Cc1cc(S(=O)(=O)Nc2ccncn2)c(F)cc1O[C@@]1(C)CC(F)(F)CC[C@@H]1c1cn[nH]c1. The Balaban J connectivity index is 1.66. The molecule has 2 atom stereocenters. The number of nitrogens with one attached hydrogen (secondary N) is 2. The van der Waals surface area contributed by atoms with Gasteiger partial charge in [-0.05, 0) is 43.5 Å². The van der Waals surface area contributed by atoms with E-state index in [0.29, 0.717) is 5.56 Å². The van der Waals surface area contributed by atoms with E-state index < -0.39 is 44.6 Å². The van der Waals surface area contributed by atoms with Crippen molar-refractivity contribution in [2.45, 2.75) is 55.4 Å². The van der Waals surface area contributed by atoms with Crippen molar-refractivity contribution >= 4 is 15.8 Å². The highest BCUT2D eigenvalue weighted by Crippen LogP contribution is 2.49. The molecule has 4 rings (SSSR count). The first-order chi connectivity index (χ1) is 15.5. The molecule has 1 saturated carbocycles. The van der Waals surface area contributed by atoms with Crippen LogP contribution in [0.15, 0.2) is 48.0 Å². The highest BCUT2D eigenvalue weighted by molar-refractivity contribution is 7.92. The molecule has 0 unspecified atom stereocenters. The van der Waals surface area contributed by atoms with Gasteiger partial charge in [-0.15, -0.1) is 0 Å². The van der Waals surface area contributed by atoms with E-state index in [1.807, 2.05) is 0 Å². The first-order valence-corrected chi connectivity index (χ1v) is 11.6. The summed E-state index contributed by atoms with van der Waals surface area (Å²) in [6.45, 7) is 3.08. The fraction of sp³-hybridized carbons (Fsp3) is 0.381. The number of nitrogens with zero attached hydrogens (tertiary/aromatic N) is 3. The Kier molecular flexibility index (Phi) is 5.81. The lowest BCUT2D eigenvalue weighted by Gasteiger charge is -2.44. The lowest BCUT2D eigenvalue weighted by molar-refractivity contribution is -0.116. The van der Waals surface area contributed by atoms with Gasteiger partial charge in [0.15, 0.2) is 0 Å². The van der Waals surface area contributed by atoms with Crippen LogP contribution in [0, 0.1) is 12.7 Å². The molecule has 0 saturated heterocycles. The predicted octanol–water partition coefficient (Wildman–Crippen LogP) is 4.19. The number of aryl methyl sites for hydroxylation is 1. The molecule has 1 aliphatic carbocycles. The summed E-state index contributed by atoms with van der Waals surface area (Å²) in [4.78, 5) is 6.84. The Morgan fingerprint density at radius 2 is 2.09 bits per heavy atom. The van der Waals surface area contributed by atoms with Gasteiger partial charge in [0.05, 0.1) is 12.6 Å². The van der Waals surface area contributed by atoms with E-state index >= 15 is 0 Å². The second-order valence-corrected chi connectivity index (χ2v) is 9.97. The summed E-state index contributed by atoms with van der Waals surface area (Å²) in [5, 5.41) is 6.58. The minimum atomic E-state index is -4.30. The largest absolute Gasteiger partial charge is 0.486 e. The number of anilines is 1. The summed E-state index contributed by atoms with van der Waals surface area (Å²) in [5.74, 6) is -4.49. The second kappa shape index (κ2) is 8.32. The average molecular weight is 482 g/mol. The molecule has 33 heavy (non-hydrogen) atoms. The third kappa shape index (κ3) is 4.80. The summed E-state index contributed by atoms with van der Waals surface area (Å²) in [6, 6.07) is 3.33. The number of halogens is 3. The van der Waals surface area contributed by atoms with Gasteiger partial charge in [-0.2, -0.15) is 5.10 Å². The van der Waals surface area contributed by atoms with Crippen molar-refractivity contribution in [1.82, 2.24) is 20.2 Å². The Labute approximate surface area is 188 Å². The molecule has 1 fully saturated rings. The van der Waals surface area contributed by atoms with Crippen molar-refractivity contribution < 1.29 is 26.3 Å². The molecule has 3 aromatic rings. The van der Waals surface area contributed by atoms with Gasteiger partial charge in [-0.1, -0.05) is 0 Å². The number of rotatable bonds is 6. The number of H-pyrrole nitrogens is 1. The number of sulfonamides is 1. The maximum Gasteiger partial charge on any atom is 0.265 e. The number of aromatic amines is 1. The van der Waals surface area contributed by atoms with E-state index in [9.17, 15) is 21.6 Å². The van der Waals surface area contributed by atoms with Gasteiger partial charge in [0.2, 0.25) is 0 Å². The summed E-state index contributed by atoms with van der Waals surface area (Å²) in [7, 11) is -4.30. The molecule has 1 aromatic carbocycles. The summed E-state index contributed by atoms with van der Waals surface area (Å²) in [6.07, 6.45) is 4.93. The molecule has 12 heteroatoms. The van der Waals surface area contributed by atoms with Gasteiger partial charge in [-0.3, -0.25) is 9.82 Å².